The number of nitrogens with two attached hydrogens (primary N) is 1. The third-order valence-electron chi connectivity index (χ3n) is 4.58. The first-order chi connectivity index (χ1) is 9.00. The van der Waals surface area contributed by atoms with Gasteiger partial charge < -0.3 is 15.5 Å². The van der Waals surface area contributed by atoms with Gasteiger partial charge in [-0.05, 0) is 45.1 Å². The molecule has 1 aliphatic carbocycles. The Morgan fingerprint density at radius 1 is 1.32 bits per heavy atom. The fourth-order valence-electron chi connectivity index (χ4n) is 2.95. The van der Waals surface area contributed by atoms with Gasteiger partial charge in [-0.3, -0.25) is 4.79 Å². The number of likely N-dealkylation sites (tertiary alicyclic amines) is 1. The van der Waals surface area contributed by atoms with Gasteiger partial charge in [0.2, 0.25) is 5.91 Å². The minimum Gasteiger partial charge on any atom is -0.337 e. The monoisotopic (exact) mass is 267 g/mol. The van der Waals surface area contributed by atoms with E-state index in [1.54, 1.807) is 0 Å². The maximum absolute atomic E-state index is 12.5. The molecule has 0 radical (unpaired) electrons. The maximum atomic E-state index is 12.5. The first-order valence-electron chi connectivity index (χ1n) is 7.77. The van der Waals surface area contributed by atoms with Crippen LogP contribution in [0.1, 0.15) is 46.0 Å². The smallest absolute Gasteiger partial charge is 0.240 e. The molecule has 4 heteroatoms. The van der Waals surface area contributed by atoms with Gasteiger partial charge in [0.1, 0.15) is 0 Å². The number of hydrogen-bond acceptors (Lipinski definition) is 3. The van der Waals surface area contributed by atoms with Crippen molar-refractivity contribution in [3.8, 4) is 0 Å². The van der Waals surface area contributed by atoms with E-state index in [0.29, 0.717) is 6.04 Å². The van der Waals surface area contributed by atoms with E-state index in [1.807, 2.05) is 13.8 Å². The summed E-state index contributed by atoms with van der Waals surface area (Å²) in [5, 5.41) is 0. The van der Waals surface area contributed by atoms with Crippen molar-refractivity contribution in [1.82, 2.24) is 9.80 Å². The Bertz CT molecular complexity index is 315. The Kier molecular flexibility index (Phi) is 4.85. The predicted molar refractivity (Wildman–Crippen MR) is 77.8 cm³/mol. The molecule has 4 nitrogen and oxygen atoms in total. The SMILES string of the molecule is CC(C)[C@H](N)C(=O)N1CCCC[C@H]1CN(C)C1CC1. The quantitative estimate of drug-likeness (QED) is 0.820. The number of piperidine rings is 1. The largest absolute Gasteiger partial charge is 0.337 e. The summed E-state index contributed by atoms with van der Waals surface area (Å²) < 4.78 is 0. The second kappa shape index (κ2) is 6.23. The van der Waals surface area contributed by atoms with Crippen LogP contribution in [0, 0.1) is 5.92 Å². The Morgan fingerprint density at radius 3 is 2.58 bits per heavy atom. The van der Waals surface area contributed by atoms with Gasteiger partial charge in [-0.25, -0.2) is 0 Å². The summed E-state index contributed by atoms with van der Waals surface area (Å²) in [6.07, 6.45) is 6.14. The van der Waals surface area contributed by atoms with Crippen LogP contribution < -0.4 is 5.73 Å². The molecule has 0 unspecified atom stereocenters. The molecule has 0 aromatic heterocycles. The molecule has 0 aromatic carbocycles. The van der Waals surface area contributed by atoms with Crippen LogP contribution in [0.5, 0.6) is 0 Å². The summed E-state index contributed by atoms with van der Waals surface area (Å²) in [6, 6.07) is 0.793. The molecule has 1 saturated heterocycles. The Morgan fingerprint density at radius 2 is 2.00 bits per heavy atom. The second-order valence-electron chi connectivity index (χ2n) is 6.62. The topological polar surface area (TPSA) is 49.6 Å². The van der Waals surface area contributed by atoms with E-state index in [4.69, 9.17) is 5.73 Å². The van der Waals surface area contributed by atoms with E-state index >= 15 is 0 Å². The molecule has 2 rings (SSSR count). The van der Waals surface area contributed by atoms with Gasteiger partial charge >= 0.3 is 0 Å². The standard InChI is InChI=1S/C15H29N3O/c1-11(2)14(16)15(19)18-9-5-4-6-13(18)10-17(3)12-7-8-12/h11-14H,4-10,16H2,1-3H3/t13-,14-/m0/s1. The third kappa shape index (κ3) is 3.69. The molecule has 110 valence electrons. The lowest BCUT2D eigenvalue weighted by Gasteiger charge is -2.39. The lowest BCUT2D eigenvalue weighted by molar-refractivity contribution is -0.137. The van der Waals surface area contributed by atoms with Crippen molar-refractivity contribution >= 4 is 5.91 Å². The first kappa shape index (κ1) is 14.8. The van der Waals surface area contributed by atoms with Gasteiger partial charge in [0, 0.05) is 25.2 Å². The molecular formula is C15H29N3O. The molecule has 1 heterocycles. The minimum absolute atomic E-state index is 0.156. The molecule has 2 N–H and O–H groups in total. The van der Waals surface area contributed by atoms with Crippen LogP contribution in [-0.2, 0) is 4.79 Å². The number of carbonyl (C=O) groups excluding carboxylic acids is 1. The van der Waals surface area contributed by atoms with E-state index in [-0.39, 0.29) is 17.9 Å². The van der Waals surface area contributed by atoms with Crippen molar-refractivity contribution in [2.24, 2.45) is 11.7 Å². The van der Waals surface area contributed by atoms with Crippen LogP contribution in [0.3, 0.4) is 0 Å². The summed E-state index contributed by atoms with van der Waals surface area (Å²) >= 11 is 0. The summed E-state index contributed by atoms with van der Waals surface area (Å²) in [6.45, 7) is 5.96. The van der Waals surface area contributed by atoms with Gasteiger partial charge in [0.05, 0.1) is 6.04 Å². The molecule has 19 heavy (non-hydrogen) atoms. The van der Waals surface area contributed by atoms with E-state index in [0.717, 1.165) is 32.0 Å². The zero-order valence-electron chi connectivity index (χ0n) is 12.6. The highest BCUT2D eigenvalue weighted by Crippen LogP contribution is 2.27. The van der Waals surface area contributed by atoms with E-state index < -0.39 is 0 Å². The predicted octanol–water partition coefficient (Wildman–Crippen LogP) is 1.45. The number of likely N-dealkylation sites (N-methyl/N-ethyl adjacent to an activating group) is 1. The Hall–Kier alpha value is -0.610. The molecule has 0 bridgehead atoms. The van der Waals surface area contributed by atoms with Crippen LogP contribution in [-0.4, -0.2) is 54.0 Å². The molecular weight excluding hydrogens is 238 g/mol. The van der Waals surface area contributed by atoms with E-state index in [9.17, 15) is 4.79 Å². The number of rotatable bonds is 5. The lowest BCUT2D eigenvalue weighted by atomic mass is 9.97. The highest BCUT2D eigenvalue weighted by atomic mass is 16.2. The van der Waals surface area contributed by atoms with Crippen molar-refractivity contribution in [1.29, 1.82) is 0 Å². The van der Waals surface area contributed by atoms with Gasteiger partial charge in [-0.15, -0.1) is 0 Å². The van der Waals surface area contributed by atoms with Crippen LogP contribution in [0.15, 0.2) is 0 Å². The molecule has 1 amide bonds. The fourth-order valence-corrected chi connectivity index (χ4v) is 2.95. The zero-order valence-corrected chi connectivity index (χ0v) is 12.6. The normalized spacial score (nSPS) is 26.0. The van der Waals surface area contributed by atoms with Crippen molar-refractivity contribution < 1.29 is 4.79 Å². The van der Waals surface area contributed by atoms with Gasteiger partial charge in [-0.2, -0.15) is 0 Å². The summed E-state index contributed by atoms with van der Waals surface area (Å²) in [5.41, 5.74) is 6.05. The molecule has 1 aliphatic heterocycles. The van der Waals surface area contributed by atoms with E-state index in [2.05, 4.69) is 16.8 Å². The van der Waals surface area contributed by atoms with Crippen LogP contribution in [0.4, 0.5) is 0 Å². The summed E-state index contributed by atoms with van der Waals surface area (Å²) in [5.74, 6) is 0.375. The van der Waals surface area contributed by atoms with Gasteiger partial charge in [0.15, 0.2) is 0 Å². The summed E-state index contributed by atoms with van der Waals surface area (Å²) in [4.78, 5) is 17.0. The molecule has 0 aromatic rings. The highest BCUT2D eigenvalue weighted by molar-refractivity contribution is 5.82. The van der Waals surface area contributed by atoms with Crippen molar-refractivity contribution in [3.05, 3.63) is 0 Å². The van der Waals surface area contributed by atoms with Crippen LogP contribution >= 0.6 is 0 Å². The molecule has 2 atom stereocenters. The number of hydrogen-bond donors (Lipinski definition) is 1. The molecule has 1 saturated carbocycles. The molecule has 0 spiro atoms. The average Bonchev–Trinajstić information content (AvgIpc) is 3.21. The number of amides is 1. The number of nitrogens with zero attached hydrogens (tertiary/aromatic N) is 2. The third-order valence-corrected chi connectivity index (χ3v) is 4.58. The lowest BCUT2D eigenvalue weighted by Crippen LogP contribution is -2.55. The minimum atomic E-state index is -0.341. The Balaban J connectivity index is 1.96. The maximum Gasteiger partial charge on any atom is 0.240 e. The van der Waals surface area contributed by atoms with Crippen LogP contribution in [0.2, 0.25) is 0 Å². The van der Waals surface area contributed by atoms with E-state index in [1.165, 1.54) is 19.3 Å². The Labute approximate surface area is 117 Å². The highest BCUT2D eigenvalue weighted by Gasteiger charge is 2.34. The molecule has 2 fully saturated rings. The van der Waals surface area contributed by atoms with Crippen molar-refractivity contribution in [3.63, 3.8) is 0 Å². The van der Waals surface area contributed by atoms with Crippen molar-refractivity contribution in [2.45, 2.75) is 64.1 Å². The van der Waals surface area contributed by atoms with Crippen LogP contribution in [0.25, 0.3) is 0 Å². The first-order valence-corrected chi connectivity index (χ1v) is 7.77. The van der Waals surface area contributed by atoms with Gasteiger partial charge in [0.25, 0.3) is 0 Å². The second-order valence-corrected chi connectivity index (χ2v) is 6.62. The molecule has 2 aliphatic rings. The average molecular weight is 267 g/mol. The number of carbonyl (C=O) groups is 1. The fraction of sp³-hybridized carbons (Fsp3) is 0.933. The zero-order chi connectivity index (χ0) is 14.0. The summed E-state index contributed by atoms with van der Waals surface area (Å²) in [7, 11) is 2.19. The van der Waals surface area contributed by atoms with Crippen molar-refractivity contribution in [2.75, 3.05) is 20.1 Å². The van der Waals surface area contributed by atoms with Gasteiger partial charge in [-0.1, -0.05) is 13.8 Å².